The van der Waals surface area contributed by atoms with Crippen molar-refractivity contribution in [3.63, 3.8) is 0 Å². The maximum Gasteiger partial charge on any atom is 0.424 e. The van der Waals surface area contributed by atoms with Gasteiger partial charge in [-0.3, -0.25) is 4.79 Å². The summed E-state index contributed by atoms with van der Waals surface area (Å²) in [6, 6.07) is 6.17. The Balaban J connectivity index is 2.16. The molecule has 2 aromatic heterocycles. The molecule has 0 fully saturated rings. The molecule has 0 radical (unpaired) electrons. The molecule has 5 nitrogen and oxygen atoms in total. The third-order valence-corrected chi connectivity index (χ3v) is 4.75. The van der Waals surface area contributed by atoms with Gasteiger partial charge in [0.2, 0.25) is 5.60 Å². The maximum atomic E-state index is 13.6. The maximum absolute atomic E-state index is 13.6. The first-order chi connectivity index (χ1) is 11.2. The van der Waals surface area contributed by atoms with E-state index in [1.54, 1.807) is 19.1 Å². The topological polar surface area (TPSA) is 78.9 Å². The van der Waals surface area contributed by atoms with Crippen LogP contribution in [0, 0.1) is 6.92 Å². The lowest BCUT2D eigenvalue weighted by Gasteiger charge is -2.28. The van der Waals surface area contributed by atoms with Gasteiger partial charge in [-0.1, -0.05) is 18.2 Å². The number of hydrogen-bond donors (Lipinski definition) is 2. The zero-order valence-corrected chi connectivity index (χ0v) is 13.2. The molecule has 126 valence electrons. The minimum atomic E-state index is -4.95. The summed E-state index contributed by atoms with van der Waals surface area (Å²) >= 11 is 0.730. The van der Waals surface area contributed by atoms with Crippen molar-refractivity contribution >= 4 is 22.1 Å². The van der Waals surface area contributed by atoms with Gasteiger partial charge in [-0.25, -0.2) is 10.1 Å². The van der Waals surface area contributed by atoms with Crippen molar-refractivity contribution in [1.82, 2.24) is 15.2 Å². The van der Waals surface area contributed by atoms with Crippen LogP contribution in [0.1, 0.15) is 16.4 Å². The molecule has 2 heterocycles. The van der Waals surface area contributed by atoms with E-state index < -0.39 is 28.8 Å². The Hall–Kier alpha value is -2.26. The summed E-state index contributed by atoms with van der Waals surface area (Å²) in [4.78, 5) is 15.5. The van der Waals surface area contributed by atoms with Crippen LogP contribution in [-0.4, -0.2) is 26.5 Å². The fourth-order valence-electron chi connectivity index (χ4n) is 2.39. The first-order valence-electron chi connectivity index (χ1n) is 6.90. The van der Waals surface area contributed by atoms with Gasteiger partial charge in [0, 0.05) is 22.9 Å². The number of thiazole rings is 1. The van der Waals surface area contributed by atoms with Crippen molar-refractivity contribution in [3.8, 4) is 0 Å². The molecule has 1 aromatic carbocycles. The number of H-pyrrole nitrogens is 1. The van der Waals surface area contributed by atoms with Gasteiger partial charge in [0.15, 0.2) is 0 Å². The number of alkyl halides is 3. The Kier molecular flexibility index (Phi) is 3.92. The van der Waals surface area contributed by atoms with E-state index in [-0.39, 0.29) is 16.5 Å². The number of nitrogens with one attached hydrogen (secondary N) is 1. The van der Waals surface area contributed by atoms with Gasteiger partial charge in [-0.05, 0) is 13.0 Å². The molecule has 0 saturated carbocycles. The van der Waals surface area contributed by atoms with Crippen LogP contribution in [0.3, 0.4) is 0 Å². The van der Waals surface area contributed by atoms with Crippen LogP contribution in [0.25, 0.3) is 10.8 Å². The predicted molar refractivity (Wildman–Crippen MR) is 82.9 cm³/mol. The van der Waals surface area contributed by atoms with Crippen molar-refractivity contribution in [3.05, 3.63) is 56.4 Å². The van der Waals surface area contributed by atoms with Gasteiger partial charge < -0.3 is 5.11 Å². The Morgan fingerprint density at radius 2 is 1.92 bits per heavy atom. The van der Waals surface area contributed by atoms with Crippen molar-refractivity contribution in [2.24, 2.45) is 0 Å². The minimum Gasteiger partial charge on any atom is -0.374 e. The van der Waals surface area contributed by atoms with Crippen LogP contribution in [0.5, 0.6) is 0 Å². The van der Waals surface area contributed by atoms with Crippen molar-refractivity contribution in [2.75, 3.05) is 0 Å². The summed E-state index contributed by atoms with van der Waals surface area (Å²) in [7, 11) is 0. The van der Waals surface area contributed by atoms with Gasteiger partial charge in [0.1, 0.15) is 5.01 Å². The van der Waals surface area contributed by atoms with E-state index in [9.17, 15) is 23.1 Å². The van der Waals surface area contributed by atoms with Crippen LogP contribution in [0.4, 0.5) is 13.2 Å². The van der Waals surface area contributed by atoms with Gasteiger partial charge in [0.25, 0.3) is 5.56 Å². The van der Waals surface area contributed by atoms with Crippen LogP contribution in [0.2, 0.25) is 0 Å². The highest BCUT2D eigenvalue weighted by molar-refractivity contribution is 7.09. The molecule has 0 saturated heterocycles. The van der Waals surface area contributed by atoms with E-state index in [1.165, 1.54) is 17.5 Å². The smallest absolute Gasteiger partial charge is 0.374 e. The number of nitrogens with zero attached hydrogens (tertiary/aromatic N) is 2. The lowest BCUT2D eigenvalue weighted by Crippen LogP contribution is -2.44. The van der Waals surface area contributed by atoms with E-state index >= 15 is 0 Å². The second-order valence-electron chi connectivity index (χ2n) is 5.37. The number of halogens is 3. The summed E-state index contributed by atoms with van der Waals surface area (Å²) in [6.07, 6.45) is -5.79. The van der Waals surface area contributed by atoms with E-state index in [2.05, 4.69) is 15.2 Å². The third-order valence-electron chi connectivity index (χ3n) is 3.64. The molecule has 1 atom stereocenters. The van der Waals surface area contributed by atoms with Gasteiger partial charge in [-0.15, -0.1) is 11.3 Å². The Morgan fingerprint density at radius 1 is 1.25 bits per heavy atom. The van der Waals surface area contributed by atoms with Crippen LogP contribution in [0.15, 0.2) is 34.4 Å². The number of aromatic nitrogens is 3. The lowest BCUT2D eigenvalue weighted by molar-refractivity contribution is -0.266. The fraction of sp³-hybridized carbons (Fsp3) is 0.267. The number of fused-ring (bicyclic) bond motifs is 1. The summed E-state index contributed by atoms with van der Waals surface area (Å²) < 4.78 is 40.7. The quantitative estimate of drug-likeness (QED) is 0.757. The SMILES string of the molecule is Cc1csc([C@@](O)(Cc2n[nH]c(=O)c3ccccc23)C(F)(F)F)n1. The summed E-state index contributed by atoms with van der Waals surface area (Å²) in [5.74, 6) is 0. The van der Waals surface area contributed by atoms with Gasteiger partial charge in [0.05, 0.1) is 11.1 Å². The summed E-state index contributed by atoms with van der Waals surface area (Å²) in [6.45, 7) is 1.55. The molecule has 9 heteroatoms. The average molecular weight is 355 g/mol. The van der Waals surface area contributed by atoms with Gasteiger partial charge >= 0.3 is 6.18 Å². The zero-order valence-electron chi connectivity index (χ0n) is 12.4. The lowest BCUT2D eigenvalue weighted by atomic mass is 9.95. The van der Waals surface area contributed by atoms with Crippen molar-refractivity contribution in [2.45, 2.75) is 25.1 Å². The summed E-state index contributed by atoms with van der Waals surface area (Å²) in [5, 5.41) is 17.7. The average Bonchev–Trinajstić information content (AvgIpc) is 2.96. The molecule has 0 aliphatic heterocycles. The number of aromatic amines is 1. The van der Waals surface area contributed by atoms with Crippen LogP contribution < -0.4 is 5.56 Å². The minimum absolute atomic E-state index is 0.0575. The number of rotatable bonds is 3. The predicted octanol–water partition coefficient (Wildman–Crippen LogP) is 2.68. The first kappa shape index (κ1) is 16.6. The zero-order chi connectivity index (χ0) is 17.5. The number of aryl methyl sites for hydroxylation is 1. The standard InChI is InChI=1S/C15H12F3N3O2S/c1-8-7-24-13(19-8)14(23,15(16,17)18)6-11-9-4-2-3-5-10(9)12(22)21-20-11/h2-5,7,23H,6H2,1H3,(H,21,22)/t14-/m0/s1. The molecule has 0 unspecified atom stereocenters. The number of benzene rings is 1. The molecule has 3 rings (SSSR count). The van der Waals surface area contributed by atoms with E-state index in [0.717, 1.165) is 11.3 Å². The van der Waals surface area contributed by atoms with E-state index in [0.29, 0.717) is 5.69 Å². The highest BCUT2D eigenvalue weighted by atomic mass is 32.1. The van der Waals surface area contributed by atoms with Gasteiger partial charge in [-0.2, -0.15) is 18.3 Å². The molecular weight excluding hydrogens is 343 g/mol. The normalized spacial score (nSPS) is 14.7. The first-order valence-corrected chi connectivity index (χ1v) is 7.78. The van der Waals surface area contributed by atoms with E-state index in [1.807, 2.05) is 0 Å². The molecule has 0 amide bonds. The third kappa shape index (κ3) is 2.69. The summed E-state index contributed by atoms with van der Waals surface area (Å²) in [5.41, 5.74) is -3.36. The fourth-order valence-corrected chi connectivity index (χ4v) is 3.30. The largest absolute Gasteiger partial charge is 0.424 e. The van der Waals surface area contributed by atoms with Crippen molar-refractivity contribution in [1.29, 1.82) is 0 Å². The monoisotopic (exact) mass is 355 g/mol. The molecule has 0 spiro atoms. The second kappa shape index (κ2) is 5.67. The molecule has 24 heavy (non-hydrogen) atoms. The Labute approximate surface area is 137 Å². The molecular formula is C15H12F3N3O2S. The van der Waals surface area contributed by atoms with Crippen molar-refractivity contribution < 1.29 is 18.3 Å². The number of hydrogen-bond acceptors (Lipinski definition) is 5. The Morgan fingerprint density at radius 3 is 2.50 bits per heavy atom. The molecule has 0 aliphatic rings. The van der Waals surface area contributed by atoms with Crippen LogP contribution in [-0.2, 0) is 12.0 Å². The molecule has 0 aliphatic carbocycles. The molecule has 0 bridgehead atoms. The highest BCUT2D eigenvalue weighted by Crippen LogP contribution is 2.42. The Bertz CT molecular complexity index is 951. The van der Waals surface area contributed by atoms with E-state index in [4.69, 9.17) is 0 Å². The second-order valence-corrected chi connectivity index (χ2v) is 6.23. The number of aliphatic hydroxyl groups is 1. The molecule has 3 aromatic rings. The van der Waals surface area contributed by atoms with Crippen LogP contribution >= 0.6 is 11.3 Å². The molecule has 2 N–H and O–H groups in total. The highest BCUT2D eigenvalue weighted by Gasteiger charge is 2.57.